The minimum absolute atomic E-state index is 0.0908. The average molecular weight is 216 g/mol. The third-order valence-corrected chi connectivity index (χ3v) is 2.17. The Morgan fingerprint density at radius 1 is 0.938 bits per heavy atom. The van der Waals surface area contributed by atoms with Gasteiger partial charge < -0.3 is 21.3 Å². The summed E-state index contributed by atoms with van der Waals surface area (Å²) in [7, 11) is 0. The van der Waals surface area contributed by atoms with E-state index in [9.17, 15) is 5.11 Å². The molecule has 2 aromatic carbocycles. The summed E-state index contributed by atoms with van der Waals surface area (Å²) in [5, 5.41) is 21.7. The number of phenols is 2. The Morgan fingerprint density at radius 2 is 1.62 bits per heavy atom. The number of benzene rings is 2. The van der Waals surface area contributed by atoms with Crippen molar-refractivity contribution in [1.82, 2.24) is 0 Å². The summed E-state index contributed by atoms with van der Waals surface area (Å²) in [5.41, 5.74) is 7.37. The molecular weight excluding hydrogens is 204 g/mol. The topological polar surface area (TPSA) is 78.5 Å². The maximum absolute atomic E-state index is 9.62. The third-order valence-electron chi connectivity index (χ3n) is 2.17. The van der Waals surface area contributed by atoms with Crippen molar-refractivity contribution in [2.24, 2.45) is 0 Å². The molecule has 2 rings (SSSR count). The van der Waals surface area contributed by atoms with Crippen molar-refractivity contribution in [3.63, 3.8) is 0 Å². The Bertz CT molecular complexity index is 495. The van der Waals surface area contributed by atoms with E-state index in [0.29, 0.717) is 11.4 Å². The average Bonchev–Trinajstić information content (AvgIpc) is 2.25. The minimum atomic E-state index is 0.0908. The predicted molar refractivity (Wildman–Crippen MR) is 63.9 cm³/mol. The molecule has 0 spiro atoms. The van der Waals surface area contributed by atoms with Crippen LogP contribution in [-0.4, -0.2) is 10.2 Å². The fourth-order valence-electron chi connectivity index (χ4n) is 1.35. The van der Waals surface area contributed by atoms with Crippen LogP contribution in [0.2, 0.25) is 0 Å². The largest absolute Gasteiger partial charge is 0.508 e. The van der Waals surface area contributed by atoms with Crippen LogP contribution in [0.25, 0.3) is 0 Å². The molecule has 4 heteroatoms. The van der Waals surface area contributed by atoms with E-state index in [1.54, 1.807) is 36.4 Å². The van der Waals surface area contributed by atoms with Crippen LogP contribution in [0.15, 0.2) is 42.5 Å². The van der Waals surface area contributed by atoms with E-state index >= 15 is 0 Å². The number of phenolic OH excluding ortho intramolecular Hbond substituents is 2. The van der Waals surface area contributed by atoms with E-state index < -0.39 is 0 Å². The first-order valence-corrected chi connectivity index (χ1v) is 4.80. The van der Waals surface area contributed by atoms with E-state index in [0.717, 1.165) is 5.69 Å². The van der Waals surface area contributed by atoms with Gasteiger partial charge in [-0.2, -0.15) is 0 Å². The van der Waals surface area contributed by atoms with Gasteiger partial charge in [-0.25, -0.2) is 0 Å². The van der Waals surface area contributed by atoms with Gasteiger partial charge in [0.05, 0.1) is 5.69 Å². The zero-order chi connectivity index (χ0) is 11.5. The van der Waals surface area contributed by atoms with Crippen LogP contribution in [0.5, 0.6) is 11.5 Å². The van der Waals surface area contributed by atoms with Crippen molar-refractivity contribution in [3.05, 3.63) is 42.5 Å². The van der Waals surface area contributed by atoms with Crippen molar-refractivity contribution >= 4 is 17.1 Å². The summed E-state index contributed by atoms with van der Waals surface area (Å²) < 4.78 is 0. The van der Waals surface area contributed by atoms with Crippen LogP contribution in [-0.2, 0) is 0 Å². The molecule has 0 saturated heterocycles. The molecule has 0 aliphatic carbocycles. The lowest BCUT2D eigenvalue weighted by Crippen LogP contribution is -1.91. The molecule has 0 unspecified atom stereocenters. The lowest BCUT2D eigenvalue weighted by atomic mass is 10.2. The van der Waals surface area contributed by atoms with Gasteiger partial charge in [-0.15, -0.1) is 0 Å². The lowest BCUT2D eigenvalue weighted by Gasteiger charge is -2.08. The summed E-state index contributed by atoms with van der Waals surface area (Å²) in [5.74, 6) is 0.292. The predicted octanol–water partition coefficient (Wildman–Crippen LogP) is 2.42. The maximum Gasteiger partial charge on any atom is 0.141 e. The molecule has 0 aliphatic heterocycles. The standard InChI is InChI=1S/C12H12N2O2/c13-8-1-6-11(12(16)7-8)14-9-2-4-10(15)5-3-9/h1-7,14-16H,13H2. The molecule has 4 nitrogen and oxygen atoms in total. The maximum atomic E-state index is 9.62. The molecule has 5 N–H and O–H groups in total. The van der Waals surface area contributed by atoms with Gasteiger partial charge in [0, 0.05) is 17.4 Å². The second-order valence-electron chi connectivity index (χ2n) is 3.45. The van der Waals surface area contributed by atoms with Crippen LogP contribution < -0.4 is 11.1 Å². The highest BCUT2D eigenvalue weighted by molar-refractivity contribution is 5.68. The van der Waals surface area contributed by atoms with Gasteiger partial charge in [-0.3, -0.25) is 0 Å². The molecule has 0 heterocycles. The smallest absolute Gasteiger partial charge is 0.141 e. The van der Waals surface area contributed by atoms with Gasteiger partial charge in [0.1, 0.15) is 11.5 Å². The molecular formula is C12H12N2O2. The zero-order valence-corrected chi connectivity index (χ0v) is 8.51. The first-order chi connectivity index (χ1) is 7.65. The number of nitrogens with one attached hydrogen (secondary N) is 1. The quantitative estimate of drug-likeness (QED) is 0.353. The zero-order valence-electron chi connectivity index (χ0n) is 8.51. The number of hydrogen-bond donors (Lipinski definition) is 4. The highest BCUT2D eigenvalue weighted by Gasteiger charge is 2.01. The van der Waals surface area contributed by atoms with E-state index in [1.165, 1.54) is 6.07 Å². The van der Waals surface area contributed by atoms with Crippen molar-refractivity contribution in [3.8, 4) is 11.5 Å². The summed E-state index contributed by atoms with van der Waals surface area (Å²) >= 11 is 0. The Morgan fingerprint density at radius 3 is 2.25 bits per heavy atom. The van der Waals surface area contributed by atoms with Gasteiger partial charge >= 0.3 is 0 Å². The Balaban J connectivity index is 2.23. The van der Waals surface area contributed by atoms with Crippen LogP contribution in [0.4, 0.5) is 17.1 Å². The molecule has 2 aromatic rings. The summed E-state index contributed by atoms with van der Waals surface area (Å²) in [6, 6.07) is 11.4. The number of anilines is 3. The number of aromatic hydroxyl groups is 2. The fourth-order valence-corrected chi connectivity index (χ4v) is 1.35. The summed E-state index contributed by atoms with van der Waals surface area (Å²) in [6.45, 7) is 0. The van der Waals surface area contributed by atoms with Crippen LogP contribution in [0.3, 0.4) is 0 Å². The first kappa shape index (κ1) is 10.2. The monoisotopic (exact) mass is 216 g/mol. The number of hydrogen-bond acceptors (Lipinski definition) is 4. The van der Waals surface area contributed by atoms with Gasteiger partial charge in [0.2, 0.25) is 0 Å². The van der Waals surface area contributed by atoms with Crippen LogP contribution in [0.1, 0.15) is 0 Å². The minimum Gasteiger partial charge on any atom is -0.508 e. The molecule has 82 valence electrons. The van der Waals surface area contributed by atoms with E-state index in [2.05, 4.69) is 5.32 Å². The second-order valence-corrected chi connectivity index (χ2v) is 3.45. The van der Waals surface area contributed by atoms with Gasteiger partial charge in [-0.1, -0.05) is 0 Å². The Hall–Kier alpha value is -2.36. The third kappa shape index (κ3) is 2.17. The normalized spacial score (nSPS) is 10.0. The van der Waals surface area contributed by atoms with Crippen LogP contribution in [0, 0.1) is 0 Å². The van der Waals surface area contributed by atoms with Crippen molar-refractivity contribution in [2.75, 3.05) is 11.1 Å². The Kier molecular flexibility index (Phi) is 2.55. The molecule has 0 saturated carbocycles. The molecule has 16 heavy (non-hydrogen) atoms. The fraction of sp³-hybridized carbons (Fsp3) is 0. The second kappa shape index (κ2) is 4.02. The highest BCUT2D eigenvalue weighted by atomic mass is 16.3. The van der Waals surface area contributed by atoms with Gasteiger partial charge in [0.15, 0.2) is 0 Å². The summed E-state index contributed by atoms with van der Waals surface area (Å²) in [4.78, 5) is 0. The number of nitrogen functional groups attached to an aromatic ring is 1. The van der Waals surface area contributed by atoms with Crippen molar-refractivity contribution in [1.29, 1.82) is 0 Å². The SMILES string of the molecule is Nc1ccc(Nc2ccc(O)cc2)c(O)c1. The van der Waals surface area contributed by atoms with Gasteiger partial charge in [0.25, 0.3) is 0 Å². The first-order valence-electron chi connectivity index (χ1n) is 4.80. The van der Waals surface area contributed by atoms with Gasteiger partial charge in [-0.05, 0) is 36.4 Å². The van der Waals surface area contributed by atoms with E-state index in [-0.39, 0.29) is 11.5 Å². The number of nitrogens with two attached hydrogens (primary N) is 1. The molecule has 0 amide bonds. The van der Waals surface area contributed by atoms with Crippen LogP contribution >= 0.6 is 0 Å². The van der Waals surface area contributed by atoms with Crippen molar-refractivity contribution in [2.45, 2.75) is 0 Å². The lowest BCUT2D eigenvalue weighted by molar-refractivity contribution is 0.475. The summed E-state index contributed by atoms with van der Waals surface area (Å²) in [6.07, 6.45) is 0. The number of rotatable bonds is 2. The molecule has 0 radical (unpaired) electrons. The Labute approximate surface area is 93.0 Å². The van der Waals surface area contributed by atoms with Crippen molar-refractivity contribution < 1.29 is 10.2 Å². The molecule has 0 aliphatic rings. The molecule has 0 fully saturated rings. The van der Waals surface area contributed by atoms with E-state index in [4.69, 9.17) is 10.8 Å². The van der Waals surface area contributed by atoms with E-state index in [1.807, 2.05) is 0 Å². The molecule has 0 bridgehead atoms. The highest BCUT2D eigenvalue weighted by Crippen LogP contribution is 2.28. The molecule has 0 aromatic heterocycles. The molecule has 0 atom stereocenters.